The lowest BCUT2D eigenvalue weighted by Crippen LogP contribution is -2.54. The van der Waals surface area contributed by atoms with Gasteiger partial charge in [-0.05, 0) is 52.7 Å². The van der Waals surface area contributed by atoms with Crippen molar-refractivity contribution in [3.05, 3.63) is 34.9 Å². The van der Waals surface area contributed by atoms with Crippen LogP contribution in [0.25, 0.3) is 0 Å². The van der Waals surface area contributed by atoms with Gasteiger partial charge in [-0.1, -0.05) is 23.8 Å². The van der Waals surface area contributed by atoms with Gasteiger partial charge >= 0.3 is 12.1 Å². The number of aliphatic hydroxyl groups excluding tert-OH is 1. The molecule has 212 valence electrons. The molecule has 0 aliphatic rings. The van der Waals surface area contributed by atoms with Crippen molar-refractivity contribution in [3.63, 3.8) is 0 Å². The van der Waals surface area contributed by atoms with E-state index in [1.54, 1.807) is 46.8 Å². The van der Waals surface area contributed by atoms with Crippen molar-refractivity contribution >= 4 is 29.8 Å². The summed E-state index contributed by atoms with van der Waals surface area (Å²) in [6, 6.07) is 2.56. The first-order valence-electron chi connectivity index (χ1n) is 12.4. The van der Waals surface area contributed by atoms with E-state index >= 15 is 0 Å². The number of nitrogens with one attached hydrogen (secondary N) is 2. The van der Waals surface area contributed by atoms with E-state index in [2.05, 4.69) is 10.6 Å². The molecule has 0 aromatic heterocycles. The molecular formula is C26H40N4O8. The molecule has 4 amide bonds. The minimum Gasteiger partial charge on any atom is -0.466 e. The number of nitrogens with two attached hydrogens (primary N) is 1. The zero-order valence-electron chi connectivity index (χ0n) is 23.0. The van der Waals surface area contributed by atoms with E-state index in [1.807, 2.05) is 13.0 Å². The van der Waals surface area contributed by atoms with Crippen molar-refractivity contribution in [2.45, 2.75) is 72.1 Å². The number of benzene rings is 1. The number of esters is 1. The van der Waals surface area contributed by atoms with Crippen LogP contribution in [0.3, 0.4) is 0 Å². The van der Waals surface area contributed by atoms with Crippen LogP contribution in [-0.2, 0) is 28.7 Å². The second kappa shape index (κ2) is 14.9. The fraction of sp³-hybridized carbons (Fsp3) is 0.577. The second-order valence-corrected chi connectivity index (χ2v) is 9.73. The molecule has 1 aromatic rings. The Morgan fingerprint density at radius 1 is 1.13 bits per heavy atom. The molecule has 12 heteroatoms. The highest BCUT2D eigenvalue weighted by molar-refractivity contribution is 5.94. The number of aliphatic hydroxyl groups is 1. The van der Waals surface area contributed by atoms with E-state index in [1.165, 1.54) is 0 Å². The summed E-state index contributed by atoms with van der Waals surface area (Å²) in [6.07, 6.45) is -1.61. The predicted molar refractivity (Wildman–Crippen MR) is 139 cm³/mol. The fourth-order valence-electron chi connectivity index (χ4n) is 3.73. The number of ether oxygens (including phenoxy) is 2. The number of hydrogen-bond donors (Lipinski definition) is 4. The van der Waals surface area contributed by atoms with Gasteiger partial charge in [0.05, 0.1) is 26.1 Å². The number of carbonyl (C=O) groups is 5. The lowest BCUT2D eigenvalue weighted by Gasteiger charge is -2.34. The first kappa shape index (κ1) is 32.4. The molecule has 38 heavy (non-hydrogen) atoms. The Hall–Kier alpha value is -3.67. The Kier molecular flexibility index (Phi) is 12.7. The number of nitrogens with zero attached hydrogens (tertiary/aromatic N) is 1. The first-order chi connectivity index (χ1) is 17.7. The molecule has 0 spiro atoms. The highest BCUT2D eigenvalue weighted by Gasteiger charge is 2.37. The monoisotopic (exact) mass is 536 g/mol. The zero-order chi connectivity index (χ0) is 29.0. The Balaban J connectivity index is 3.43. The summed E-state index contributed by atoms with van der Waals surface area (Å²) in [5.41, 5.74) is 6.54. The van der Waals surface area contributed by atoms with Gasteiger partial charge < -0.3 is 35.8 Å². The predicted octanol–water partition coefficient (Wildman–Crippen LogP) is 1.00. The standard InChI is InChI=1S/C26H40N4O8/c1-7-37-21(33)10-11-28-23(34)22(18-9-8-16(2)14-17(18)3)30(12-13-31)24(35)19(15-20(27)32)29-25(36)38-26(4,5)6/h8-9,14,19,22,31H,7,10-13,15H2,1-6H3,(H2,27,32)(H,28,34)(H,29,36). The SMILES string of the molecule is CCOC(=O)CCNC(=O)C(c1ccc(C)cc1C)N(CCO)C(=O)C(CC(N)=O)NC(=O)OC(C)(C)C. The number of rotatable bonds is 13. The maximum Gasteiger partial charge on any atom is 0.408 e. The normalized spacial score (nSPS) is 12.6. The molecule has 2 atom stereocenters. The smallest absolute Gasteiger partial charge is 0.408 e. The maximum absolute atomic E-state index is 13.7. The lowest BCUT2D eigenvalue weighted by molar-refractivity contribution is -0.145. The minimum atomic E-state index is -1.46. The lowest BCUT2D eigenvalue weighted by atomic mass is 9.96. The van der Waals surface area contributed by atoms with Crippen molar-refractivity contribution in [1.29, 1.82) is 0 Å². The van der Waals surface area contributed by atoms with Crippen molar-refractivity contribution in [2.75, 3.05) is 26.3 Å². The van der Waals surface area contributed by atoms with E-state index in [4.69, 9.17) is 15.2 Å². The molecule has 0 aliphatic carbocycles. The molecule has 1 rings (SSSR count). The number of alkyl carbamates (subject to hydrolysis) is 1. The van der Waals surface area contributed by atoms with Gasteiger partial charge in [-0.25, -0.2) is 4.79 Å². The fourth-order valence-corrected chi connectivity index (χ4v) is 3.73. The summed E-state index contributed by atoms with van der Waals surface area (Å²) in [5.74, 6) is -2.82. The molecular weight excluding hydrogens is 496 g/mol. The van der Waals surface area contributed by atoms with Gasteiger partial charge in [0.15, 0.2) is 0 Å². The van der Waals surface area contributed by atoms with Gasteiger partial charge in [-0.15, -0.1) is 0 Å². The summed E-state index contributed by atoms with van der Waals surface area (Å²) in [4.78, 5) is 64.2. The van der Waals surface area contributed by atoms with E-state index in [0.29, 0.717) is 11.1 Å². The first-order valence-corrected chi connectivity index (χ1v) is 12.4. The van der Waals surface area contributed by atoms with Gasteiger partial charge in [0, 0.05) is 13.1 Å². The van der Waals surface area contributed by atoms with Crippen LogP contribution < -0.4 is 16.4 Å². The van der Waals surface area contributed by atoms with Crippen LogP contribution in [0, 0.1) is 13.8 Å². The van der Waals surface area contributed by atoms with Crippen LogP contribution in [0.15, 0.2) is 18.2 Å². The Morgan fingerprint density at radius 3 is 2.32 bits per heavy atom. The molecule has 12 nitrogen and oxygen atoms in total. The molecule has 0 radical (unpaired) electrons. The van der Waals surface area contributed by atoms with Gasteiger partial charge in [-0.2, -0.15) is 0 Å². The van der Waals surface area contributed by atoms with Crippen molar-refractivity contribution in [3.8, 4) is 0 Å². The number of amides is 4. The third kappa shape index (κ3) is 10.8. The number of aryl methyl sites for hydroxylation is 2. The van der Waals surface area contributed by atoms with Crippen LogP contribution in [0.1, 0.15) is 63.3 Å². The zero-order valence-corrected chi connectivity index (χ0v) is 23.0. The van der Waals surface area contributed by atoms with Crippen LogP contribution in [0.2, 0.25) is 0 Å². The Labute approximate surface area is 223 Å². The second-order valence-electron chi connectivity index (χ2n) is 9.73. The summed E-state index contributed by atoms with van der Waals surface area (Å²) < 4.78 is 10.1. The quantitative estimate of drug-likeness (QED) is 0.270. The molecule has 2 unspecified atom stereocenters. The number of primary amides is 1. The molecule has 0 heterocycles. The van der Waals surface area contributed by atoms with Crippen molar-refractivity contribution in [1.82, 2.24) is 15.5 Å². The maximum atomic E-state index is 13.7. The van der Waals surface area contributed by atoms with E-state index < -0.39 is 60.5 Å². The van der Waals surface area contributed by atoms with Crippen LogP contribution >= 0.6 is 0 Å². The van der Waals surface area contributed by atoms with Crippen LogP contribution in [-0.4, -0.2) is 77.7 Å². The molecule has 0 bridgehead atoms. The van der Waals surface area contributed by atoms with Gasteiger partial charge in [-0.3, -0.25) is 19.2 Å². The summed E-state index contributed by atoms with van der Waals surface area (Å²) in [6.45, 7) is 9.53. The number of carbonyl (C=O) groups excluding carboxylic acids is 5. The highest BCUT2D eigenvalue weighted by atomic mass is 16.6. The Bertz CT molecular complexity index is 1010. The van der Waals surface area contributed by atoms with Crippen LogP contribution in [0.5, 0.6) is 0 Å². The summed E-state index contributed by atoms with van der Waals surface area (Å²) >= 11 is 0. The number of hydrogen-bond acceptors (Lipinski definition) is 8. The van der Waals surface area contributed by atoms with Crippen molar-refractivity contribution in [2.24, 2.45) is 5.73 Å². The minimum absolute atomic E-state index is 0.0545. The van der Waals surface area contributed by atoms with Gasteiger partial charge in [0.1, 0.15) is 17.7 Å². The van der Waals surface area contributed by atoms with Crippen molar-refractivity contribution < 1.29 is 38.6 Å². The molecule has 0 saturated heterocycles. The highest BCUT2D eigenvalue weighted by Crippen LogP contribution is 2.26. The van der Waals surface area contributed by atoms with Gasteiger partial charge in [0.2, 0.25) is 17.7 Å². The Morgan fingerprint density at radius 2 is 1.79 bits per heavy atom. The van der Waals surface area contributed by atoms with E-state index in [0.717, 1.165) is 10.5 Å². The third-order valence-electron chi connectivity index (χ3n) is 5.23. The molecule has 5 N–H and O–H groups in total. The van der Waals surface area contributed by atoms with E-state index in [-0.39, 0.29) is 26.1 Å². The average Bonchev–Trinajstić information content (AvgIpc) is 2.77. The molecule has 0 aliphatic heterocycles. The third-order valence-corrected chi connectivity index (χ3v) is 5.23. The largest absolute Gasteiger partial charge is 0.466 e. The topological polar surface area (TPSA) is 177 Å². The summed E-state index contributed by atoms with van der Waals surface area (Å²) in [5, 5.41) is 14.8. The molecule has 0 fully saturated rings. The summed E-state index contributed by atoms with van der Waals surface area (Å²) in [7, 11) is 0. The molecule has 0 saturated carbocycles. The van der Waals surface area contributed by atoms with Crippen LogP contribution in [0.4, 0.5) is 4.79 Å². The molecule has 1 aromatic carbocycles. The average molecular weight is 537 g/mol. The van der Waals surface area contributed by atoms with E-state index in [9.17, 15) is 29.1 Å². The van der Waals surface area contributed by atoms with Gasteiger partial charge in [0.25, 0.3) is 0 Å².